The summed E-state index contributed by atoms with van der Waals surface area (Å²) in [6.07, 6.45) is 6.18. The third-order valence-corrected chi connectivity index (χ3v) is 3.95. The highest BCUT2D eigenvalue weighted by Gasteiger charge is 2.43. The molecule has 104 valence electrons. The van der Waals surface area contributed by atoms with Gasteiger partial charge in [0.2, 0.25) is 6.23 Å². The van der Waals surface area contributed by atoms with Crippen LogP contribution in [0.4, 0.5) is 5.13 Å². The van der Waals surface area contributed by atoms with Crippen LogP contribution in [0.5, 0.6) is 0 Å². The van der Waals surface area contributed by atoms with Crippen LogP contribution in [0.25, 0.3) is 0 Å². The summed E-state index contributed by atoms with van der Waals surface area (Å²) in [5.74, 6) is 2.56. The van der Waals surface area contributed by atoms with Crippen molar-refractivity contribution in [1.82, 2.24) is 19.7 Å². The standard InChI is InChI=1S/C12H18N4O2S/c1-4-5-6-7-18-11-8-15(3)9-16(11,17)12-14-13-10(2)19-12/h1,11H,5-9H2,2-3H3. The molecule has 0 amide bonds. The molecular formula is C12H18N4O2S. The molecule has 2 rings (SSSR count). The number of hydrogen-bond acceptors (Lipinski definition) is 6. The van der Waals surface area contributed by atoms with Gasteiger partial charge in [-0.25, -0.2) is 0 Å². The Morgan fingerprint density at radius 1 is 1.63 bits per heavy atom. The zero-order valence-electron chi connectivity index (χ0n) is 11.2. The van der Waals surface area contributed by atoms with Gasteiger partial charge >= 0.3 is 5.13 Å². The normalized spacial score (nSPS) is 27.6. The van der Waals surface area contributed by atoms with E-state index in [0.29, 0.717) is 31.4 Å². The van der Waals surface area contributed by atoms with Gasteiger partial charge in [0.1, 0.15) is 11.7 Å². The number of nitrogens with zero attached hydrogens (tertiary/aromatic N) is 4. The molecule has 0 radical (unpaired) electrons. The number of hydroxylamine groups is 2. The average Bonchev–Trinajstić information content (AvgIpc) is 2.90. The summed E-state index contributed by atoms with van der Waals surface area (Å²) in [6.45, 7) is 3.28. The number of likely N-dealkylation sites (N-methyl/N-ethyl adjacent to an activating group) is 1. The van der Waals surface area contributed by atoms with Crippen LogP contribution < -0.4 is 4.65 Å². The smallest absolute Gasteiger partial charge is 0.309 e. The van der Waals surface area contributed by atoms with Crippen molar-refractivity contribution < 1.29 is 4.74 Å². The van der Waals surface area contributed by atoms with Crippen LogP contribution in [0.2, 0.25) is 0 Å². The van der Waals surface area contributed by atoms with Gasteiger partial charge in [-0.15, -0.1) is 17.4 Å². The summed E-state index contributed by atoms with van der Waals surface area (Å²) in [4.78, 5) is 1.95. The summed E-state index contributed by atoms with van der Waals surface area (Å²) in [5, 5.41) is 22.1. The Balaban J connectivity index is 2.06. The first kappa shape index (κ1) is 14.4. The van der Waals surface area contributed by atoms with E-state index in [4.69, 9.17) is 11.2 Å². The van der Waals surface area contributed by atoms with Crippen LogP contribution in [0, 0.1) is 24.5 Å². The summed E-state index contributed by atoms with van der Waals surface area (Å²) in [5.41, 5.74) is 0. The van der Waals surface area contributed by atoms with Gasteiger partial charge in [-0.1, -0.05) is 5.10 Å². The van der Waals surface area contributed by atoms with Crippen LogP contribution in [0.15, 0.2) is 0 Å². The van der Waals surface area contributed by atoms with Gasteiger partial charge in [0.05, 0.1) is 13.2 Å². The van der Waals surface area contributed by atoms with Crippen molar-refractivity contribution in [3.63, 3.8) is 0 Å². The van der Waals surface area contributed by atoms with Crippen molar-refractivity contribution in [3.8, 4) is 12.3 Å². The predicted molar refractivity (Wildman–Crippen MR) is 75.1 cm³/mol. The zero-order valence-corrected chi connectivity index (χ0v) is 12.0. The van der Waals surface area contributed by atoms with Crippen LogP contribution >= 0.6 is 11.3 Å². The van der Waals surface area contributed by atoms with E-state index in [0.717, 1.165) is 11.4 Å². The SMILES string of the molecule is C#CCCCOC1CN(C)C[N+]1([O-])c1nnc(C)s1. The fourth-order valence-electron chi connectivity index (χ4n) is 2.10. The van der Waals surface area contributed by atoms with E-state index in [1.165, 1.54) is 11.3 Å². The molecule has 19 heavy (non-hydrogen) atoms. The van der Waals surface area contributed by atoms with E-state index >= 15 is 0 Å². The Kier molecular flexibility index (Phi) is 4.50. The van der Waals surface area contributed by atoms with E-state index in [-0.39, 0.29) is 0 Å². The van der Waals surface area contributed by atoms with Gasteiger partial charge in [-0.05, 0) is 31.7 Å². The highest BCUT2D eigenvalue weighted by atomic mass is 32.1. The Morgan fingerprint density at radius 2 is 2.42 bits per heavy atom. The molecule has 2 atom stereocenters. The van der Waals surface area contributed by atoms with Crippen molar-refractivity contribution in [2.24, 2.45) is 0 Å². The molecule has 2 heterocycles. The maximum atomic E-state index is 13.0. The first-order valence-corrected chi connectivity index (χ1v) is 7.01. The lowest BCUT2D eigenvalue weighted by atomic mass is 10.3. The number of terminal acetylenes is 1. The van der Waals surface area contributed by atoms with Crippen LogP contribution in [0.1, 0.15) is 17.8 Å². The number of unbranched alkanes of at least 4 members (excludes halogenated alkanes) is 1. The summed E-state index contributed by atoms with van der Waals surface area (Å²) in [6, 6.07) is 0. The van der Waals surface area contributed by atoms with Gasteiger partial charge in [0.25, 0.3) is 0 Å². The zero-order chi connectivity index (χ0) is 13.9. The molecule has 7 heteroatoms. The minimum atomic E-state index is -0.571. The number of aromatic nitrogens is 2. The monoisotopic (exact) mass is 282 g/mol. The largest absolute Gasteiger partial charge is 0.623 e. The topological polar surface area (TPSA) is 61.3 Å². The van der Waals surface area contributed by atoms with Gasteiger partial charge in [0, 0.05) is 6.42 Å². The predicted octanol–water partition coefficient (Wildman–Crippen LogP) is 1.31. The average molecular weight is 282 g/mol. The third-order valence-electron chi connectivity index (χ3n) is 3.00. The Hall–Kier alpha value is -1.04. The molecule has 1 aromatic rings. The van der Waals surface area contributed by atoms with Crippen LogP contribution in [0.3, 0.4) is 0 Å². The highest BCUT2D eigenvalue weighted by Crippen LogP contribution is 2.33. The van der Waals surface area contributed by atoms with Crippen molar-refractivity contribution in [2.75, 3.05) is 26.9 Å². The first-order chi connectivity index (χ1) is 9.06. The van der Waals surface area contributed by atoms with Crippen LogP contribution in [-0.2, 0) is 4.74 Å². The van der Waals surface area contributed by atoms with Gasteiger partial charge in [0.15, 0.2) is 0 Å². The van der Waals surface area contributed by atoms with Crippen LogP contribution in [-0.4, -0.2) is 48.2 Å². The first-order valence-electron chi connectivity index (χ1n) is 6.19. The number of aryl methyl sites for hydroxylation is 1. The molecule has 0 aromatic carbocycles. The molecule has 0 N–H and O–H groups in total. The van der Waals surface area contributed by atoms with Gasteiger partial charge in [-0.2, -0.15) is 0 Å². The molecule has 0 saturated carbocycles. The molecule has 1 fully saturated rings. The molecule has 1 saturated heterocycles. The Bertz CT molecular complexity index is 473. The number of quaternary nitrogens is 1. The lowest BCUT2D eigenvalue weighted by Gasteiger charge is -2.38. The van der Waals surface area contributed by atoms with E-state index < -0.39 is 10.9 Å². The van der Waals surface area contributed by atoms with Gasteiger partial charge < -0.3 is 9.94 Å². The molecular weight excluding hydrogens is 264 g/mol. The van der Waals surface area contributed by atoms with Crippen molar-refractivity contribution >= 4 is 16.5 Å². The highest BCUT2D eigenvalue weighted by molar-refractivity contribution is 7.15. The van der Waals surface area contributed by atoms with Crippen molar-refractivity contribution in [3.05, 3.63) is 10.2 Å². The number of ether oxygens (including phenoxy) is 1. The van der Waals surface area contributed by atoms with E-state index in [1.807, 2.05) is 18.9 Å². The molecule has 2 unspecified atom stereocenters. The maximum absolute atomic E-state index is 13.0. The summed E-state index contributed by atoms with van der Waals surface area (Å²) < 4.78 is 5.14. The molecule has 1 aliphatic rings. The minimum Gasteiger partial charge on any atom is -0.623 e. The van der Waals surface area contributed by atoms with Gasteiger partial charge in [-0.3, -0.25) is 9.55 Å². The second-order valence-electron chi connectivity index (χ2n) is 4.71. The third kappa shape index (κ3) is 3.11. The van der Waals surface area contributed by atoms with E-state index in [1.54, 1.807) is 0 Å². The quantitative estimate of drug-likeness (QED) is 0.353. The van der Waals surface area contributed by atoms with Crippen molar-refractivity contribution in [1.29, 1.82) is 0 Å². The lowest BCUT2D eigenvalue weighted by Crippen LogP contribution is -2.50. The Labute approximate surface area is 117 Å². The molecule has 1 aromatic heterocycles. The lowest BCUT2D eigenvalue weighted by molar-refractivity contribution is -0.00432. The summed E-state index contributed by atoms with van der Waals surface area (Å²) in [7, 11) is 1.91. The van der Waals surface area contributed by atoms with E-state index in [9.17, 15) is 5.21 Å². The second-order valence-corrected chi connectivity index (χ2v) is 5.87. The summed E-state index contributed by atoms with van der Waals surface area (Å²) >= 11 is 1.33. The molecule has 0 spiro atoms. The molecule has 0 bridgehead atoms. The molecule has 1 aliphatic heterocycles. The number of hydrogen-bond donors (Lipinski definition) is 0. The fourth-order valence-corrected chi connectivity index (χ4v) is 2.85. The Morgan fingerprint density at radius 3 is 3.05 bits per heavy atom. The second kappa shape index (κ2) is 5.94. The minimum absolute atomic E-state index is 0.342. The van der Waals surface area contributed by atoms with Crippen molar-refractivity contribution in [2.45, 2.75) is 26.0 Å². The maximum Gasteiger partial charge on any atom is 0.309 e. The van der Waals surface area contributed by atoms with E-state index in [2.05, 4.69) is 16.1 Å². The fraction of sp³-hybridized carbons (Fsp3) is 0.667. The molecule has 6 nitrogen and oxygen atoms in total. The molecule has 0 aliphatic carbocycles. The number of rotatable bonds is 5.